The SMILES string of the molecule is CCOC1CC(C2=CCCC=C2)OC2(CCC(CC(=O)c3ccc(OC)c(OC(F)F)c3)CC2)C1. The van der Waals surface area contributed by atoms with Crippen molar-refractivity contribution in [3.8, 4) is 11.5 Å². The lowest BCUT2D eigenvalue weighted by atomic mass is 9.72. The number of hydrogen-bond donors (Lipinski definition) is 0. The number of methoxy groups -OCH3 is 1. The molecule has 1 heterocycles. The highest BCUT2D eigenvalue weighted by atomic mass is 19.3. The van der Waals surface area contributed by atoms with Gasteiger partial charge in [0.25, 0.3) is 0 Å². The number of ketones is 1. The Morgan fingerprint density at radius 3 is 2.66 bits per heavy atom. The van der Waals surface area contributed by atoms with E-state index in [-0.39, 0.29) is 41.0 Å². The monoisotopic (exact) mass is 490 g/mol. The molecule has 2 unspecified atom stereocenters. The lowest BCUT2D eigenvalue weighted by Crippen LogP contribution is -2.49. The molecule has 2 fully saturated rings. The molecule has 1 aromatic carbocycles. The van der Waals surface area contributed by atoms with E-state index in [9.17, 15) is 13.6 Å². The van der Waals surface area contributed by atoms with Crippen LogP contribution >= 0.6 is 0 Å². The Morgan fingerprint density at radius 2 is 2.00 bits per heavy atom. The molecule has 5 nitrogen and oxygen atoms in total. The van der Waals surface area contributed by atoms with Crippen molar-refractivity contribution in [3.63, 3.8) is 0 Å². The lowest BCUT2D eigenvalue weighted by molar-refractivity contribution is -0.177. The van der Waals surface area contributed by atoms with E-state index in [2.05, 4.69) is 23.0 Å². The van der Waals surface area contributed by atoms with Crippen LogP contribution in [0.1, 0.15) is 75.1 Å². The summed E-state index contributed by atoms with van der Waals surface area (Å²) in [7, 11) is 1.38. The van der Waals surface area contributed by atoms with Crippen molar-refractivity contribution in [2.24, 2.45) is 5.92 Å². The fourth-order valence-corrected chi connectivity index (χ4v) is 5.72. The summed E-state index contributed by atoms with van der Waals surface area (Å²) in [5, 5.41) is 0. The Kier molecular flexibility index (Phi) is 8.60. The molecule has 1 aromatic rings. The third-order valence-corrected chi connectivity index (χ3v) is 7.46. The van der Waals surface area contributed by atoms with Gasteiger partial charge in [0.05, 0.1) is 24.9 Å². The Labute approximate surface area is 206 Å². The molecular weight excluding hydrogens is 454 g/mol. The molecule has 0 amide bonds. The number of alkyl halides is 2. The second-order valence-electron chi connectivity index (χ2n) is 9.81. The van der Waals surface area contributed by atoms with E-state index in [1.807, 2.05) is 6.92 Å². The predicted molar refractivity (Wildman–Crippen MR) is 129 cm³/mol. The first-order valence-electron chi connectivity index (χ1n) is 12.7. The van der Waals surface area contributed by atoms with Crippen LogP contribution in [0.3, 0.4) is 0 Å². The van der Waals surface area contributed by atoms with E-state index in [1.54, 1.807) is 6.07 Å². The molecule has 2 atom stereocenters. The maximum Gasteiger partial charge on any atom is 0.387 e. The van der Waals surface area contributed by atoms with Gasteiger partial charge >= 0.3 is 6.61 Å². The molecule has 0 N–H and O–H groups in total. The maximum absolute atomic E-state index is 13.0. The molecule has 0 radical (unpaired) electrons. The third kappa shape index (κ3) is 6.50. The highest BCUT2D eigenvalue weighted by molar-refractivity contribution is 5.96. The number of benzene rings is 1. The molecule has 1 saturated carbocycles. The minimum Gasteiger partial charge on any atom is -0.493 e. The molecular formula is C28H36F2O5. The Balaban J connectivity index is 1.39. The summed E-state index contributed by atoms with van der Waals surface area (Å²) in [4.78, 5) is 13.0. The number of Topliss-reactive ketones (excluding diaryl/α,β-unsaturated/α-hetero) is 1. The molecule has 1 aliphatic heterocycles. The highest BCUT2D eigenvalue weighted by Crippen LogP contribution is 2.45. The fraction of sp³-hybridized carbons (Fsp3) is 0.607. The third-order valence-electron chi connectivity index (χ3n) is 7.46. The average Bonchev–Trinajstić information content (AvgIpc) is 2.86. The van der Waals surface area contributed by atoms with Gasteiger partial charge < -0.3 is 18.9 Å². The van der Waals surface area contributed by atoms with Crippen LogP contribution in [-0.4, -0.2) is 43.9 Å². The van der Waals surface area contributed by atoms with Crippen molar-refractivity contribution in [2.75, 3.05) is 13.7 Å². The fourth-order valence-electron chi connectivity index (χ4n) is 5.72. The van der Waals surface area contributed by atoms with E-state index in [4.69, 9.17) is 14.2 Å². The quantitative estimate of drug-likeness (QED) is 0.362. The average molecular weight is 491 g/mol. The first-order chi connectivity index (χ1) is 16.9. The van der Waals surface area contributed by atoms with Gasteiger partial charge in [-0.2, -0.15) is 8.78 Å². The van der Waals surface area contributed by atoms with Gasteiger partial charge in [-0.05, 0) is 75.1 Å². The van der Waals surface area contributed by atoms with Crippen LogP contribution in [0.5, 0.6) is 11.5 Å². The zero-order chi connectivity index (χ0) is 24.8. The lowest BCUT2D eigenvalue weighted by Gasteiger charge is -2.48. The van der Waals surface area contributed by atoms with Crippen LogP contribution in [0.25, 0.3) is 0 Å². The molecule has 2 aliphatic carbocycles. The van der Waals surface area contributed by atoms with Gasteiger partial charge in [-0.1, -0.05) is 18.2 Å². The topological polar surface area (TPSA) is 54.0 Å². The van der Waals surface area contributed by atoms with Crippen LogP contribution in [0.4, 0.5) is 8.78 Å². The summed E-state index contributed by atoms with van der Waals surface area (Å²) >= 11 is 0. The Hall–Kier alpha value is -2.25. The first-order valence-corrected chi connectivity index (χ1v) is 12.7. The van der Waals surface area contributed by atoms with Crippen LogP contribution in [-0.2, 0) is 9.47 Å². The molecule has 3 aliphatic rings. The number of hydrogen-bond acceptors (Lipinski definition) is 5. The zero-order valence-corrected chi connectivity index (χ0v) is 20.6. The van der Waals surface area contributed by atoms with Gasteiger partial charge in [-0.25, -0.2) is 0 Å². The number of ether oxygens (including phenoxy) is 4. The molecule has 1 spiro atoms. The summed E-state index contributed by atoms with van der Waals surface area (Å²) in [5.41, 5.74) is 1.41. The molecule has 4 rings (SSSR count). The standard InChI is InChI=1S/C28H36F2O5/c1-3-33-22-17-25(20-7-5-4-6-8-20)35-28(18-22)13-11-19(12-14-28)15-23(31)21-9-10-24(32-2)26(16-21)34-27(29)30/h5,7-10,16,19,22,25,27H,3-4,6,11-15,17-18H2,1-2H3. The van der Waals surface area contributed by atoms with Crippen molar-refractivity contribution in [2.45, 2.75) is 89.1 Å². The van der Waals surface area contributed by atoms with Crippen LogP contribution in [0.2, 0.25) is 0 Å². The largest absolute Gasteiger partial charge is 0.493 e. The van der Waals surface area contributed by atoms with E-state index >= 15 is 0 Å². The van der Waals surface area contributed by atoms with Gasteiger partial charge in [0.1, 0.15) is 0 Å². The Morgan fingerprint density at radius 1 is 1.20 bits per heavy atom. The predicted octanol–water partition coefficient (Wildman–Crippen LogP) is 6.66. The maximum atomic E-state index is 13.0. The minimum absolute atomic E-state index is 0.0580. The van der Waals surface area contributed by atoms with Crippen LogP contribution < -0.4 is 9.47 Å². The molecule has 0 aromatic heterocycles. The molecule has 0 bridgehead atoms. The van der Waals surface area contributed by atoms with E-state index < -0.39 is 6.61 Å². The number of halogens is 2. The smallest absolute Gasteiger partial charge is 0.387 e. The number of allylic oxidation sites excluding steroid dienone is 2. The summed E-state index contributed by atoms with van der Waals surface area (Å²) in [5.74, 6) is 0.223. The minimum atomic E-state index is -2.98. The number of carbonyl (C=O) groups is 1. The Bertz CT molecular complexity index is 933. The molecule has 35 heavy (non-hydrogen) atoms. The first kappa shape index (κ1) is 25.8. The van der Waals surface area contributed by atoms with Crippen molar-refractivity contribution >= 4 is 5.78 Å². The van der Waals surface area contributed by atoms with Crippen molar-refractivity contribution in [1.29, 1.82) is 0 Å². The zero-order valence-electron chi connectivity index (χ0n) is 20.6. The van der Waals surface area contributed by atoms with Crippen molar-refractivity contribution < 1.29 is 32.5 Å². The number of carbonyl (C=O) groups excluding carboxylic acids is 1. The van der Waals surface area contributed by atoms with Crippen molar-refractivity contribution in [1.82, 2.24) is 0 Å². The summed E-state index contributed by atoms with van der Waals surface area (Å²) in [6, 6.07) is 4.46. The highest BCUT2D eigenvalue weighted by Gasteiger charge is 2.45. The van der Waals surface area contributed by atoms with E-state index in [0.29, 0.717) is 18.6 Å². The molecule has 1 saturated heterocycles. The normalized spacial score (nSPS) is 28.7. The van der Waals surface area contributed by atoms with Gasteiger partial charge in [0, 0.05) is 31.4 Å². The second kappa shape index (κ2) is 11.7. The van der Waals surface area contributed by atoms with Crippen LogP contribution in [0.15, 0.2) is 42.0 Å². The van der Waals surface area contributed by atoms with Gasteiger partial charge in [0.2, 0.25) is 0 Å². The van der Waals surface area contributed by atoms with Gasteiger partial charge in [-0.3, -0.25) is 4.79 Å². The number of rotatable bonds is 9. The molecule has 7 heteroatoms. The van der Waals surface area contributed by atoms with E-state index in [1.165, 1.54) is 24.8 Å². The summed E-state index contributed by atoms with van der Waals surface area (Å²) < 4.78 is 47.9. The van der Waals surface area contributed by atoms with E-state index in [0.717, 1.165) is 51.4 Å². The van der Waals surface area contributed by atoms with Crippen molar-refractivity contribution in [3.05, 3.63) is 47.6 Å². The summed E-state index contributed by atoms with van der Waals surface area (Å²) in [6.45, 7) is -0.252. The van der Waals surface area contributed by atoms with Gasteiger partial charge in [0.15, 0.2) is 17.3 Å². The molecule has 192 valence electrons. The second-order valence-corrected chi connectivity index (χ2v) is 9.81. The van der Waals surface area contributed by atoms with Crippen LogP contribution in [0, 0.1) is 5.92 Å². The van der Waals surface area contributed by atoms with Gasteiger partial charge in [-0.15, -0.1) is 0 Å². The summed E-state index contributed by atoms with van der Waals surface area (Å²) in [6.07, 6.45) is 14.8.